The summed E-state index contributed by atoms with van der Waals surface area (Å²) in [5.41, 5.74) is 3.38. The Balaban J connectivity index is 2.05. The first-order valence-corrected chi connectivity index (χ1v) is 7.13. The molecule has 0 spiro atoms. The Labute approximate surface area is 131 Å². The Morgan fingerprint density at radius 2 is 1.77 bits per heavy atom. The number of carboxylic acids is 1. The number of carbonyl (C=O) groups excluding carboxylic acids is 2. The number of benzene rings is 1. The van der Waals surface area contributed by atoms with E-state index in [2.05, 4.69) is 10.5 Å². The minimum atomic E-state index is -1.23. The lowest BCUT2D eigenvalue weighted by atomic mass is 10.2. The number of carboxylic acid groups (broad SMARTS) is 1. The van der Waals surface area contributed by atoms with Crippen LogP contribution in [0.4, 0.5) is 0 Å². The number of amides is 1. The number of nitrogens with zero attached hydrogens (tertiary/aromatic N) is 1. The molecule has 0 aliphatic carbocycles. The highest BCUT2D eigenvalue weighted by Crippen LogP contribution is 2.16. The van der Waals surface area contributed by atoms with Gasteiger partial charge < -0.3 is 14.6 Å². The second-order valence-corrected chi connectivity index (χ2v) is 5.40. The quantitative estimate of drug-likeness (QED) is 0.664. The smallest absolute Gasteiger partial charge is 0.271 e. The number of aromatic carboxylic acids is 1. The fourth-order valence-corrected chi connectivity index (χ4v) is 2.42. The summed E-state index contributed by atoms with van der Waals surface area (Å²) in [4.78, 5) is 23.4. The third-order valence-corrected chi connectivity index (χ3v) is 4.02. The van der Waals surface area contributed by atoms with Crippen LogP contribution in [0.5, 0.6) is 5.75 Å². The highest BCUT2D eigenvalue weighted by atomic mass is 32.1. The van der Waals surface area contributed by atoms with Gasteiger partial charge in [0.15, 0.2) is 0 Å². The van der Waals surface area contributed by atoms with E-state index < -0.39 is 5.97 Å². The van der Waals surface area contributed by atoms with Gasteiger partial charge in [0.1, 0.15) is 5.75 Å². The molecule has 114 valence electrons. The molecule has 2 aromatic rings. The normalized spacial score (nSPS) is 11.1. The fourth-order valence-electron chi connectivity index (χ4n) is 1.64. The van der Waals surface area contributed by atoms with Crippen molar-refractivity contribution >= 4 is 28.9 Å². The lowest BCUT2D eigenvalue weighted by Gasteiger charge is -2.03. The number of nitrogens with one attached hydrogen (secondary N) is 1. The molecule has 6 nitrogen and oxygen atoms in total. The predicted octanol–water partition coefficient (Wildman–Crippen LogP) is 1.27. The number of hydrogen-bond donors (Lipinski definition) is 1. The molecule has 7 heteroatoms. The number of carbonyl (C=O) groups is 2. The van der Waals surface area contributed by atoms with E-state index in [0.717, 1.165) is 11.3 Å². The van der Waals surface area contributed by atoms with E-state index in [4.69, 9.17) is 4.74 Å². The van der Waals surface area contributed by atoms with E-state index in [1.54, 1.807) is 44.4 Å². The van der Waals surface area contributed by atoms with Crippen LogP contribution >= 0.6 is 11.3 Å². The van der Waals surface area contributed by atoms with Gasteiger partial charge in [0.05, 0.1) is 28.5 Å². The Morgan fingerprint density at radius 1 is 1.14 bits per heavy atom. The molecule has 1 amide bonds. The number of hydrazone groups is 1. The van der Waals surface area contributed by atoms with Crippen LogP contribution < -0.4 is 15.3 Å². The van der Waals surface area contributed by atoms with Crippen molar-refractivity contribution in [3.05, 3.63) is 51.7 Å². The molecule has 0 bridgehead atoms. The van der Waals surface area contributed by atoms with Crippen molar-refractivity contribution < 1.29 is 19.4 Å². The van der Waals surface area contributed by atoms with Crippen LogP contribution in [0.15, 0.2) is 41.5 Å². The largest absolute Gasteiger partial charge is 0.544 e. The summed E-state index contributed by atoms with van der Waals surface area (Å²) in [6.07, 6.45) is 0. The lowest BCUT2D eigenvalue weighted by molar-refractivity contribution is -0.254. The topological polar surface area (TPSA) is 90.8 Å². The molecule has 2 rings (SSSR count). The highest BCUT2D eigenvalue weighted by Gasteiger charge is 2.07. The number of ether oxygens (including phenoxy) is 1. The van der Waals surface area contributed by atoms with Gasteiger partial charge in [-0.15, -0.1) is 11.3 Å². The van der Waals surface area contributed by atoms with Crippen LogP contribution in [-0.4, -0.2) is 24.7 Å². The van der Waals surface area contributed by atoms with E-state index in [0.29, 0.717) is 21.9 Å². The minimum Gasteiger partial charge on any atom is -0.544 e. The van der Waals surface area contributed by atoms with Gasteiger partial charge in [-0.25, -0.2) is 5.43 Å². The van der Waals surface area contributed by atoms with Gasteiger partial charge in [-0.3, -0.25) is 4.79 Å². The standard InChI is InChI=1S/C15H14N2O4S/c1-9(12-7-8-13(22-12)15(19)20)16-17-14(18)10-3-5-11(21-2)6-4-10/h3-8H,1-2H3,(H,17,18)(H,19,20)/p-1/b16-9-. The van der Waals surface area contributed by atoms with Crippen LogP contribution in [-0.2, 0) is 0 Å². The molecule has 1 aromatic carbocycles. The van der Waals surface area contributed by atoms with Gasteiger partial charge in [0.2, 0.25) is 0 Å². The van der Waals surface area contributed by atoms with Crippen LogP contribution in [0.3, 0.4) is 0 Å². The molecule has 1 heterocycles. The summed E-state index contributed by atoms with van der Waals surface area (Å²) in [6.45, 7) is 1.68. The summed E-state index contributed by atoms with van der Waals surface area (Å²) in [5.74, 6) is -0.936. The van der Waals surface area contributed by atoms with Crippen molar-refractivity contribution in [2.45, 2.75) is 6.92 Å². The molecular formula is C15H13N2O4S-. The maximum Gasteiger partial charge on any atom is 0.271 e. The van der Waals surface area contributed by atoms with Gasteiger partial charge in [0, 0.05) is 5.56 Å². The predicted molar refractivity (Wildman–Crippen MR) is 81.3 cm³/mol. The molecule has 0 unspecified atom stereocenters. The molecule has 0 aliphatic heterocycles. The zero-order valence-corrected chi connectivity index (χ0v) is 12.8. The summed E-state index contributed by atoms with van der Waals surface area (Å²) in [5, 5.41) is 14.7. The monoisotopic (exact) mass is 317 g/mol. The first-order valence-electron chi connectivity index (χ1n) is 6.31. The Hall–Kier alpha value is -2.67. The van der Waals surface area contributed by atoms with Crippen LogP contribution in [0, 0.1) is 0 Å². The summed E-state index contributed by atoms with van der Waals surface area (Å²) >= 11 is 1.04. The molecule has 0 fully saturated rings. The second-order valence-electron chi connectivity index (χ2n) is 4.32. The van der Waals surface area contributed by atoms with Crippen LogP contribution in [0.25, 0.3) is 0 Å². The molecule has 0 saturated carbocycles. The second kappa shape index (κ2) is 6.86. The minimum absolute atomic E-state index is 0.117. The van der Waals surface area contributed by atoms with Crippen molar-refractivity contribution in [1.82, 2.24) is 5.43 Å². The summed E-state index contributed by atoms with van der Waals surface area (Å²) < 4.78 is 5.02. The number of hydrogen-bond acceptors (Lipinski definition) is 6. The molecule has 22 heavy (non-hydrogen) atoms. The zero-order chi connectivity index (χ0) is 16.1. The maximum atomic E-state index is 11.9. The number of thiophene rings is 1. The number of methoxy groups -OCH3 is 1. The SMILES string of the molecule is COc1ccc(C(=O)N/N=C(/C)c2ccc(C(=O)[O-])s2)cc1. The Morgan fingerprint density at radius 3 is 2.32 bits per heavy atom. The third-order valence-electron chi connectivity index (χ3n) is 2.84. The van der Waals surface area contributed by atoms with Gasteiger partial charge in [0.25, 0.3) is 5.91 Å². The Kier molecular flexibility index (Phi) is 4.90. The number of rotatable bonds is 5. The van der Waals surface area contributed by atoms with Crippen molar-refractivity contribution in [2.24, 2.45) is 5.10 Å². The Bertz CT molecular complexity index is 719. The first-order chi connectivity index (χ1) is 10.5. The van der Waals surface area contributed by atoms with E-state index in [1.807, 2.05) is 0 Å². The van der Waals surface area contributed by atoms with E-state index >= 15 is 0 Å². The maximum absolute atomic E-state index is 11.9. The fraction of sp³-hybridized carbons (Fsp3) is 0.133. The lowest BCUT2D eigenvalue weighted by Crippen LogP contribution is -2.20. The van der Waals surface area contributed by atoms with E-state index in [1.165, 1.54) is 6.07 Å². The van der Waals surface area contributed by atoms with Gasteiger partial charge in [-0.05, 0) is 43.3 Å². The molecule has 0 radical (unpaired) electrons. The molecule has 0 atom stereocenters. The molecule has 1 aromatic heterocycles. The molecular weight excluding hydrogens is 304 g/mol. The van der Waals surface area contributed by atoms with Gasteiger partial charge in [-0.2, -0.15) is 5.10 Å². The van der Waals surface area contributed by atoms with E-state index in [9.17, 15) is 14.7 Å². The third kappa shape index (κ3) is 3.70. The van der Waals surface area contributed by atoms with Crippen LogP contribution in [0.1, 0.15) is 31.8 Å². The first kappa shape index (κ1) is 15.7. The van der Waals surface area contributed by atoms with Crippen molar-refractivity contribution in [1.29, 1.82) is 0 Å². The van der Waals surface area contributed by atoms with Crippen molar-refractivity contribution in [3.8, 4) is 5.75 Å². The average molecular weight is 317 g/mol. The summed E-state index contributed by atoms with van der Waals surface area (Å²) in [7, 11) is 1.55. The molecule has 0 saturated heterocycles. The van der Waals surface area contributed by atoms with Gasteiger partial charge in [-0.1, -0.05) is 0 Å². The molecule has 1 N–H and O–H groups in total. The van der Waals surface area contributed by atoms with Crippen molar-refractivity contribution in [3.63, 3.8) is 0 Å². The van der Waals surface area contributed by atoms with Crippen molar-refractivity contribution in [2.75, 3.05) is 7.11 Å². The van der Waals surface area contributed by atoms with Gasteiger partial charge >= 0.3 is 0 Å². The highest BCUT2D eigenvalue weighted by molar-refractivity contribution is 7.15. The van der Waals surface area contributed by atoms with E-state index in [-0.39, 0.29) is 10.8 Å². The molecule has 0 aliphatic rings. The zero-order valence-electron chi connectivity index (χ0n) is 12.0. The van der Waals surface area contributed by atoms with Crippen LogP contribution in [0.2, 0.25) is 0 Å². The summed E-state index contributed by atoms with van der Waals surface area (Å²) in [6, 6.07) is 9.67. The average Bonchev–Trinajstić information content (AvgIpc) is 3.02.